The van der Waals surface area contributed by atoms with Gasteiger partial charge in [0.1, 0.15) is 24.5 Å². The summed E-state index contributed by atoms with van der Waals surface area (Å²) < 4.78 is 59.1. The first-order valence-electron chi connectivity index (χ1n) is 11.6. The third-order valence-corrected chi connectivity index (χ3v) is 6.34. The van der Waals surface area contributed by atoms with Crippen LogP contribution in [0.15, 0.2) is 36.8 Å². The van der Waals surface area contributed by atoms with E-state index < -0.39 is 65.4 Å². The summed E-state index contributed by atoms with van der Waals surface area (Å²) in [5, 5.41) is 8.20. The van der Waals surface area contributed by atoms with Crippen LogP contribution in [0.1, 0.15) is 37.2 Å². The van der Waals surface area contributed by atoms with Gasteiger partial charge in [0.15, 0.2) is 29.3 Å². The number of benzene rings is 1. The molecule has 5 atom stereocenters. The predicted molar refractivity (Wildman–Crippen MR) is 128 cm³/mol. The minimum absolute atomic E-state index is 0.0217. The Hall–Kier alpha value is -3.84. The Labute approximate surface area is 225 Å². The smallest absolute Gasteiger partial charge is 0.303 e. The topological polar surface area (TPSA) is 123 Å². The second-order valence-electron chi connectivity index (χ2n) is 8.92. The molecule has 39 heavy (non-hydrogen) atoms. The molecule has 0 N–H and O–H groups in total. The molecular weight excluding hydrogens is 545 g/mol. The Bertz CT molecular complexity index is 1400. The lowest BCUT2D eigenvalue weighted by molar-refractivity contribution is -0.197. The molecule has 0 bridgehead atoms. The number of ketones is 1. The molecule has 14 heteroatoms. The van der Waals surface area contributed by atoms with E-state index in [1.54, 1.807) is 6.92 Å². The van der Waals surface area contributed by atoms with Gasteiger partial charge in [0.05, 0.1) is 17.3 Å². The number of ether oxygens (including phenoxy) is 3. The number of carbonyl (C=O) groups is 3. The molecule has 0 saturated carbocycles. The molecule has 0 spiro atoms. The van der Waals surface area contributed by atoms with E-state index in [-0.39, 0.29) is 28.5 Å². The summed E-state index contributed by atoms with van der Waals surface area (Å²) in [7, 11) is 0. The van der Waals surface area contributed by atoms with Gasteiger partial charge in [0, 0.05) is 43.3 Å². The number of rotatable bonds is 7. The third-order valence-electron chi connectivity index (χ3n) is 6.14. The molecule has 1 aliphatic heterocycles. The Morgan fingerprint density at radius 1 is 1.08 bits per heavy atom. The Balaban J connectivity index is 1.77. The highest BCUT2D eigenvalue weighted by atomic mass is 35.5. The molecule has 10 nitrogen and oxygen atoms in total. The first-order valence-corrected chi connectivity index (χ1v) is 12.0. The normalized spacial score (nSPS) is 22.8. The summed E-state index contributed by atoms with van der Waals surface area (Å²) in [6.45, 7) is 3.61. The Morgan fingerprint density at radius 3 is 2.38 bits per heavy atom. The van der Waals surface area contributed by atoms with Crippen molar-refractivity contribution in [3.63, 3.8) is 0 Å². The average Bonchev–Trinajstić information content (AvgIpc) is 3.35. The number of pyridine rings is 1. The molecule has 206 valence electrons. The zero-order valence-electron chi connectivity index (χ0n) is 20.8. The zero-order valence-corrected chi connectivity index (χ0v) is 21.6. The van der Waals surface area contributed by atoms with Crippen molar-refractivity contribution in [1.82, 2.24) is 20.0 Å². The van der Waals surface area contributed by atoms with Gasteiger partial charge in [-0.15, -0.1) is 5.10 Å². The van der Waals surface area contributed by atoms with Crippen molar-refractivity contribution in [2.75, 3.05) is 6.61 Å². The van der Waals surface area contributed by atoms with Crippen LogP contribution in [0.3, 0.4) is 0 Å². The van der Waals surface area contributed by atoms with Crippen molar-refractivity contribution in [2.45, 2.75) is 45.1 Å². The summed E-state index contributed by atoms with van der Waals surface area (Å²) in [4.78, 5) is 41.0. The second-order valence-corrected chi connectivity index (χ2v) is 9.35. The lowest BCUT2D eigenvalue weighted by Gasteiger charge is -2.44. The number of hydrogen-bond donors (Lipinski definition) is 0. The number of Topliss-reactive ketones (excluding diaryl/α,β-unsaturated/α-hetero) is 1. The molecule has 3 heterocycles. The fourth-order valence-corrected chi connectivity index (χ4v) is 4.59. The SMILES string of the molecule is CC(=O)OCC1O[C@H](C(=O)c2cncc(Cl)c2)C(C)[C@@H](n2cc(-c3cc(F)c(F)c(F)c3)nn2)[C@H]1OC(C)=O. The van der Waals surface area contributed by atoms with Crippen LogP contribution in [0.5, 0.6) is 0 Å². The van der Waals surface area contributed by atoms with E-state index in [1.807, 2.05) is 0 Å². The fourth-order valence-electron chi connectivity index (χ4n) is 4.42. The van der Waals surface area contributed by atoms with Gasteiger partial charge < -0.3 is 14.2 Å². The molecule has 1 aromatic carbocycles. The van der Waals surface area contributed by atoms with Gasteiger partial charge in [0.25, 0.3) is 0 Å². The van der Waals surface area contributed by atoms with E-state index in [0.717, 1.165) is 19.1 Å². The Morgan fingerprint density at radius 2 is 1.77 bits per heavy atom. The zero-order chi connectivity index (χ0) is 28.4. The number of halogens is 4. The maximum Gasteiger partial charge on any atom is 0.303 e. The minimum atomic E-state index is -1.63. The van der Waals surface area contributed by atoms with Crippen LogP contribution in [-0.4, -0.2) is 62.6 Å². The lowest BCUT2D eigenvalue weighted by Crippen LogP contribution is -2.56. The maximum absolute atomic E-state index is 13.8. The fraction of sp³-hybridized carbons (Fsp3) is 0.360. The van der Waals surface area contributed by atoms with Crippen molar-refractivity contribution in [3.05, 3.63) is 64.8 Å². The van der Waals surface area contributed by atoms with Crippen LogP contribution in [0.4, 0.5) is 13.2 Å². The largest absolute Gasteiger partial charge is 0.463 e. The third kappa shape index (κ3) is 6.09. The van der Waals surface area contributed by atoms with E-state index in [1.165, 1.54) is 36.3 Å². The van der Waals surface area contributed by atoms with E-state index in [4.69, 9.17) is 25.8 Å². The quantitative estimate of drug-likeness (QED) is 0.239. The standard InChI is InChI=1S/C25H22ClF3N4O6/c1-11-22(33-9-19(31-32-33)14-5-17(27)21(29)18(28)6-14)25(38-13(3)35)20(10-37-12(2)34)39-24(11)23(36)15-4-16(26)8-30-7-15/h4-9,11,20,22,24-25H,10H2,1-3H3/t11?,20?,22-,24+,25+/m1/s1. The predicted octanol–water partition coefficient (Wildman–Crippen LogP) is 3.73. The van der Waals surface area contributed by atoms with Crippen LogP contribution in [0.2, 0.25) is 5.02 Å². The van der Waals surface area contributed by atoms with E-state index in [9.17, 15) is 27.6 Å². The maximum atomic E-state index is 13.8. The molecular formula is C25H22ClF3N4O6. The summed E-state index contributed by atoms with van der Waals surface area (Å²) >= 11 is 6.01. The molecule has 0 aliphatic carbocycles. The number of esters is 2. The molecule has 1 fully saturated rings. The van der Waals surface area contributed by atoms with Gasteiger partial charge in [-0.25, -0.2) is 17.9 Å². The number of nitrogens with zero attached hydrogens (tertiary/aromatic N) is 4. The minimum Gasteiger partial charge on any atom is -0.463 e. The second kappa shape index (κ2) is 11.5. The highest BCUT2D eigenvalue weighted by molar-refractivity contribution is 6.30. The van der Waals surface area contributed by atoms with Crippen LogP contribution >= 0.6 is 11.6 Å². The molecule has 4 rings (SSSR count). The van der Waals surface area contributed by atoms with Gasteiger partial charge in [-0.3, -0.25) is 19.4 Å². The molecule has 1 saturated heterocycles. The van der Waals surface area contributed by atoms with Crippen molar-refractivity contribution >= 4 is 29.3 Å². The highest BCUT2D eigenvalue weighted by Crippen LogP contribution is 2.38. The summed E-state index contributed by atoms with van der Waals surface area (Å²) in [6.07, 6.45) is 0.550. The van der Waals surface area contributed by atoms with E-state index in [0.29, 0.717) is 0 Å². The number of carbonyl (C=O) groups excluding carboxylic acids is 3. The van der Waals surface area contributed by atoms with Gasteiger partial charge >= 0.3 is 11.9 Å². The molecule has 0 radical (unpaired) electrons. The van der Waals surface area contributed by atoms with Crippen LogP contribution in [0, 0.1) is 23.4 Å². The van der Waals surface area contributed by atoms with Gasteiger partial charge in [0.2, 0.25) is 0 Å². The molecule has 2 aromatic heterocycles. The van der Waals surface area contributed by atoms with Crippen LogP contribution in [-0.2, 0) is 23.8 Å². The summed E-state index contributed by atoms with van der Waals surface area (Å²) in [5.41, 5.74) is 0.0221. The van der Waals surface area contributed by atoms with Crippen LogP contribution < -0.4 is 0 Å². The monoisotopic (exact) mass is 566 g/mol. The molecule has 2 unspecified atom stereocenters. The van der Waals surface area contributed by atoms with E-state index in [2.05, 4.69) is 15.3 Å². The van der Waals surface area contributed by atoms with Crippen molar-refractivity contribution in [1.29, 1.82) is 0 Å². The summed E-state index contributed by atoms with van der Waals surface area (Å²) in [6, 6.07) is 1.99. The first kappa shape index (κ1) is 28.2. The molecule has 3 aromatic rings. The van der Waals surface area contributed by atoms with E-state index >= 15 is 0 Å². The summed E-state index contributed by atoms with van der Waals surface area (Å²) in [5.74, 6) is -7.05. The lowest BCUT2D eigenvalue weighted by atomic mass is 9.82. The van der Waals surface area contributed by atoms with Crippen LogP contribution in [0.25, 0.3) is 11.3 Å². The van der Waals surface area contributed by atoms with Gasteiger partial charge in [-0.1, -0.05) is 23.7 Å². The first-order chi connectivity index (χ1) is 18.5. The Kier molecular flexibility index (Phi) is 8.31. The van der Waals surface area contributed by atoms with Crippen molar-refractivity contribution in [3.8, 4) is 11.3 Å². The highest BCUT2D eigenvalue weighted by Gasteiger charge is 2.50. The number of aromatic nitrogens is 4. The van der Waals surface area contributed by atoms with Crippen molar-refractivity contribution in [2.24, 2.45) is 5.92 Å². The van der Waals surface area contributed by atoms with Gasteiger partial charge in [-0.2, -0.15) is 0 Å². The van der Waals surface area contributed by atoms with Crippen molar-refractivity contribution < 1.29 is 41.8 Å². The average molecular weight is 567 g/mol. The van der Waals surface area contributed by atoms with Gasteiger partial charge in [-0.05, 0) is 18.2 Å². The number of hydrogen-bond acceptors (Lipinski definition) is 9. The molecule has 1 aliphatic rings. The molecule has 0 amide bonds.